The standard InChI is InChI=1S/C23H18N2O7/c26-20(14-8-10-16(11-9-14)25(30)31)13-32-23(29)15-4-3-5-17(12-15)24-21(27)18-6-1-2-7-19(18)22(24)28/h1-5,8-12,18-19H,6-7,13H2. The molecule has 1 aliphatic heterocycles. The van der Waals surface area contributed by atoms with Gasteiger partial charge in [0.1, 0.15) is 0 Å². The number of carbonyl (C=O) groups excluding carboxylic acids is 4. The van der Waals surface area contributed by atoms with Crippen molar-refractivity contribution in [3.8, 4) is 0 Å². The number of nitro benzene ring substituents is 1. The zero-order valence-corrected chi connectivity index (χ0v) is 16.8. The molecule has 1 heterocycles. The number of ketones is 1. The van der Waals surface area contributed by atoms with Crippen molar-refractivity contribution in [3.05, 3.63) is 81.9 Å². The molecular formula is C23H18N2O7. The number of amides is 2. The third-order valence-corrected chi connectivity index (χ3v) is 5.58. The molecule has 0 radical (unpaired) electrons. The van der Waals surface area contributed by atoms with Crippen LogP contribution in [0.5, 0.6) is 0 Å². The summed E-state index contributed by atoms with van der Waals surface area (Å²) < 4.78 is 5.07. The zero-order chi connectivity index (χ0) is 22.8. The first kappa shape index (κ1) is 21.1. The molecule has 2 unspecified atom stereocenters. The van der Waals surface area contributed by atoms with E-state index in [9.17, 15) is 29.3 Å². The van der Waals surface area contributed by atoms with Crippen molar-refractivity contribution < 1.29 is 28.8 Å². The summed E-state index contributed by atoms with van der Waals surface area (Å²) in [5.74, 6) is -2.66. The highest BCUT2D eigenvalue weighted by Gasteiger charge is 2.47. The van der Waals surface area contributed by atoms with Crippen LogP contribution < -0.4 is 4.90 Å². The highest BCUT2D eigenvalue weighted by atomic mass is 16.6. The Balaban J connectivity index is 1.43. The number of nitrogens with zero attached hydrogens (tertiary/aromatic N) is 2. The number of Topliss-reactive ketones (excluding diaryl/α,β-unsaturated/α-hetero) is 1. The van der Waals surface area contributed by atoms with Crippen LogP contribution in [-0.4, -0.2) is 35.1 Å². The van der Waals surface area contributed by atoms with Gasteiger partial charge in [-0.15, -0.1) is 0 Å². The molecule has 2 aromatic rings. The molecule has 0 spiro atoms. The normalized spacial score (nSPS) is 19.6. The maximum absolute atomic E-state index is 12.7. The number of hydrogen-bond acceptors (Lipinski definition) is 7. The first-order valence-corrected chi connectivity index (χ1v) is 9.94. The molecule has 4 rings (SSSR count). The Labute approximate surface area is 182 Å². The van der Waals surface area contributed by atoms with E-state index in [0.29, 0.717) is 12.8 Å². The molecule has 162 valence electrons. The van der Waals surface area contributed by atoms with Crippen LogP contribution in [0.15, 0.2) is 60.7 Å². The maximum atomic E-state index is 12.7. The highest BCUT2D eigenvalue weighted by Crippen LogP contribution is 2.37. The van der Waals surface area contributed by atoms with Crippen LogP contribution in [0.2, 0.25) is 0 Å². The monoisotopic (exact) mass is 434 g/mol. The van der Waals surface area contributed by atoms with Gasteiger partial charge in [0.05, 0.1) is 28.0 Å². The topological polar surface area (TPSA) is 124 Å². The molecule has 0 saturated carbocycles. The highest BCUT2D eigenvalue weighted by molar-refractivity contribution is 6.22. The van der Waals surface area contributed by atoms with Gasteiger partial charge in [-0.05, 0) is 43.2 Å². The number of non-ortho nitro benzene ring substituents is 1. The largest absolute Gasteiger partial charge is 0.454 e. The van der Waals surface area contributed by atoms with Gasteiger partial charge in [-0.3, -0.25) is 29.4 Å². The number of carbonyl (C=O) groups is 4. The summed E-state index contributed by atoms with van der Waals surface area (Å²) in [6, 6.07) is 10.9. The number of imide groups is 1. The van der Waals surface area contributed by atoms with Crippen LogP contribution in [0.4, 0.5) is 11.4 Å². The number of anilines is 1. The van der Waals surface area contributed by atoms with Gasteiger partial charge >= 0.3 is 5.97 Å². The van der Waals surface area contributed by atoms with Crippen molar-refractivity contribution in [2.45, 2.75) is 12.8 Å². The van der Waals surface area contributed by atoms with Gasteiger partial charge in [0.25, 0.3) is 5.69 Å². The van der Waals surface area contributed by atoms with Crippen molar-refractivity contribution in [2.24, 2.45) is 11.8 Å². The molecule has 1 aliphatic carbocycles. The summed E-state index contributed by atoms with van der Waals surface area (Å²) in [6.07, 6.45) is 4.81. The average Bonchev–Trinajstić information content (AvgIpc) is 3.07. The fourth-order valence-corrected chi connectivity index (χ4v) is 3.89. The fourth-order valence-electron chi connectivity index (χ4n) is 3.89. The number of rotatable bonds is 6. The Morgan fingerprint density at radius 2 is 1.59 bits per heavy atom. The smallest absolute Gasteiger partial charge is 0.338 e. The Bertz CT molecular complexity index is 1130. The molecule has 1 fully saturated rings. The Hall–Kier alpha value is -4.14. The molecule has 9 nitrogen and oxygen atoms in total. The number of hydrogen-bond donors (Lipinski definition) is 0. The summed E-state index contributed by atoms with van der Waals surface area (Å²) >= 11 is 0. The van der Waals surface area contributed by atoms with E-state index in [1.165, 1.54) is 42.5 Å². The van der Waals surface area contributed by atoms with E-state index in [4.69, 9.17) is 4.74 Å². The predicted molar refractivity (Wildman–Crippen MR) is 112 cm³/mol. The second kappa shape index (κ2) is 8.54. The van der Waals surface area contributed by atoms with Crippen molar-refractivity contribution in [3.63, 3.8) is 0 Å². The van der Waals surface area contributed by atoms with E-state index in [-0.39, 0.29) is 46.2 Å². The Morgan fingerprint density at radius 1 is 0.969 bits per heavy atom. The predicted octanol–water partition coefficient (Wildman–Crippen LogP) is 3.09. The number of nitro groups is 1. The van der Waals surface area contributed by atoms with Gasteiger partial charge in [0, 0.05) is 17.7 Å². The molecule has 0 bridgehead atoms. The number of benzene rings is 2. The van der Waals surface area contributed by atoms with Crippen molar-refractivity contribution in [1.82, 2.24) is 0 Å². The van der Waals surface area contributed by atoms with Crippen LogP contribution in [0.3, 0.4) is 0 Å². The second-order valence-electron chi connectivity index (χ2n) is 7.52. The molecular weight excluding hydrogens is 416 g/mol. The van der Waals surface area contributed by atoms with Crippen LogP contribution in [0, 0.1) is 22.0 Å². The molecule has 2 atom stereocenters. The van der Waals surface area contributed by atoms with E-state index < -0.39 is 23.3 Å². The first-order chi connectivity index (χ1) is 15.4. The van der Waals surface area contributed by atoms with E-state index in [0.717, 1.165) is 4.90 Å². The first-order valence-electron chi connectivity index (χ1n) is 9.94. The Morgan fingerprint density at radius 3 is 2.19 bits per heavy atom. The van der Waals surface area contributed by atoms with Gasteiger partial charge in [-0.25, -0.2) is 4.79 Å². The minimum Gasteiger partial charge on any atom is -0.454 e. The minimum absolute atomic E-state index is 0.0904. The lowest BCUT2D eigenvalue weighted by atomic mass is 9.85. The van der Waals surface area contributed by atoms with Gasteiger partial charge in [0.2, 0.25) is 11.8 Å². The lowest BCUT2D eigenvalue weighted by Crippen LogP contribution is -2.31. The quantitative estimate of drug-likeness (QED) is 0.171. The van der Waals surface area contributed by atoms with Crippen LogP contribution in [0.1, 0.15) is 33.6 Å². The second-order valence-corrected chi connectivity index (χ2v) is 7.52. The molecule has 2 aromatic carbocycles. The Kier molecular flexibility index (Phi) is 5.63. The molecule has 0 aromatic heterocycles. The van der Waals surface area contributed by atoms with Crippen molar-refractivity contribution >= 4 is 34.9 Å². The van der Waals surface area contributed by atoms with E-state index in [2.05, 4.69) is 0 Å². The summed E-state index contributed by atoms with van der Waals surface area (Å²) in [5, 5.41) is 10.7. The number of allylic oxidation sites excluding steroid dienone is 2. The lowest BCUT2D eigenvalue weighted by Gasteiger charge is -2.15. The van der Waals surface area contributed by atoms with Gasteiger partial charge in [0.15, 0.2) is 12.4 Å². The fraction of sp³-hybridized carbons (Fsp3) is 0.217. The summed E-state index contributed by atoms with van der Waals surface area (Å²) in [5.41, 5.74) is 0.386. The molecule has 1 saturated heterocycles. The van der Waals surface area contributed by atoms with E-state index >= 15 is 0 Å². The van der Waals surface area contributed by atoms with Gasteiger partial charge < -0.3 is 4.74 Å². The molecule has 2 amide bonds. The number of ether oxygens (including phenoxy) is 1. The number of fused-ring (bicyclic) bond motifs is 1. The molecule has 32 heavy (non-hydrogen) atoms. The van der Waals surface area contributed by atoms with Crippen molar-refractivity contribution in [1.29, 1.82) is 0 Å². The minimum atomic E-state index is -0.791. The SMILES string of the molecule is O=C(COC(=O)c1cccc(N2C(=O)C3CC=CCC3C2=O)c1)c1ccc([N+](=O)[O-])cc1. The zero-order valence-electron chi connectivity index (χ0n) is 16.8. The van der Waals surface area contributed by atoms with Crippen LogP contribution >= 0.6 is 0 Å². The molecule has 2 aliphatic rings. The molecule has 0 N–H and O–H groups in total. The van der Waals surface area contributed by atoms with Gasteiger partial charge in [-0.1, -0.05) is 18.2 Å². The van der Waals surface area contributed by atoms with Crippen LogP contribution in [-0.2, 0) is 14.3 Å². The lowest BCUT2D eigenvalue weighted by molar-refractivity contribution is -0.384. The summed E-state index contributed by atoms with van der Waals surface area (Å²) in [7, 11) is 0. The maximum Gasteiger partial charge on any atom is 0.338 e. The van der Waals surface area contributed by atoms with E-state index in [1.807, 2.05) is 12.2 Å². The summed E-state index contributed by atoms with van der Waals surface area (Å²) in [6.45, 7) is -0.557. The van der Waals surface area contributed by atoms with Gasteiger partial charge in [-0.2, -0.15) is 0 Å². The van der Waals surface area contributed by atoms with E-state index in [1.54, 1.807) is 6.07 Å². The molecule has 9 heteroatoms. The number of esters is 1. The third kappa shape index (κ3) is 3.92. The van der Waals surface area contributed by atoms with Crippen molar-refractivity contribution in [2.75, 3.05) is 11.5 Å². The van der Waals surface area contributed by atoms with Crippen LogP contribution in [0.25, 0.3) is 0 Å². The third-order valence-electron chi connectivity index (χ3n) is 5.58. The summed E-state index contributed by atoms with van der Waals surface area (Å²) in [4.78, 5) is 61.4. The average molecular weight is 434 g/mol.